The number of carbonyl (C=O) groups is 3. The second-order valence-corrected chi connectivity index (χ2v) is 6.38. The monoisotopic (exact) mass is 365 g/mol. The first-order valence-electron chi connectivity index (χ1n) is 7.61. The molecule has 1 aromatic rings. The summed E-state index contributed by atoms with van der Waals surface area (Å²) in [6, 6.07) is 3.56. The highest BCUT2D eigenvalue weighted by Gasteiger charge is 2.53. The van der Waals surface area contributed by atoms with Crippen LogP contribution in [0.1, 0.15) is 24.4 Å². The van der Waals surface area contributed by atoms with Crippen LogP contribution in [0.2, 0.25) is 0 Å². The van der Waals surface area contributed by atoms with Gasteiger partial charge >= 0.3 is 5.97 Å². The second kappa shape index (κ2) is 6.38. The molecule has 0 unspecified atom stereocenters. The first kappa shape index (κ1) is 17.2. The lowest BCUT2D eigenvalue weighted by molar-refractivity contribution is -0.156. The van der Waals surface area contributed by atoms with E-state index in [1.165, 1.54) is 24.3 Å². The summed E-state index contributed by atoms with van der Waals surface area (Å²) >= 11 is 5.91. The number of carboxylic acids is 1. The zero-order valence-electron chi connectivity index (χ0n) is 13.0. The lowest BCUT2D eigenvalue weighted by Gasteiger charge is -2.49. The summed E-state index contributed by atoms with van der Waals surface area (Å²) in [4.78, 5) is 37.0. The molecule has 2 aliphatic heterocycles. The fraction of sp³-hybridized carbons (Fsp3) is 0.312. The van der Waals surface area contributed by atoms with Gasteiger partial charge in [0.2, 0.25) is 5.91 Å². The minimum absolute atomic E-state index is 0.0493. The summed E-state index contributed by atoms with van der Waals surface area (Å²) in [5.74, 6) is -2.30. The molecule has 0 aliphatic carbocycles. The van der Waals surface area contributed by atoms with Gasteiger partial charge in [0.1, 0.15) is 23.5 Å². The van der Waals surface area contributed by atoms with Gasteiger partial charge in [0.05, 0.1) is 6.04 Å². The summed E-state index contributed by atoms with van der Waals surface area (Å²) in [6.07, 6.45) is 0.786. The van der Waals surface area contributed by atoms with Gasteiger partial charge in [-0.05, 0) is 30.5 Å². The van der Waals surface area contributed by atoms with Crippen molar-refractivity contribution in [1.82, 2.24) is 10.2 Å². The molecule has 3 rings (SSSR count). The number of allylic oxidation sites excluding steroid dienone is 1. The van der Waals surface area contributed by atoms with Crippen molar-refractivity contribution in [2.45, 2.75) is 31.0 Å². The molecule has 0 saturated carbocycles. The van der Waals surface area contributed by atoms with Crippen LogP contribution < -0.4 is 11.1 Å². The summed E-state index contributed by atoms with van der Waals surface area (Å²) in [5, 5.41) is 21.2. The number of carbonyl (C=O) groups excluding carboxylic acids is 2. The van der Waals surface area contributed by atoms with Gasteiger partial charge in [0.25, 0.3) is 5.91 Å². The van der Waals surface area contributed by atoms with Crippen molar-refractivity contribution in [1.29, 1.82) is 0 Å². The minimum atomic E-state index is -1.27. The highest BCUT2D eigenvalue weighted by atomic mass is 35.5. The molecule has 1 saturated heterocycles. The summed E-state index contributed by atoms with van der Waals surface area (Å²) in [5.41, 5.74) is 6.14. The fourth-order valence-corrected chi connectivity index (χ4v) is 3.37. The maximum Gasteiger partial charge on any atom is 0.353 e. The predicted molar refractivity (Wildman–Crippen MR) is 87.3 cm³/mol. The molecule has 3 atom stereocenters. The number of nitrogens with one attached hydrogen (secondary N) is 1. The van der Waals surface area contributed by atoms with E-state index in [4.69, 9.17) is 17.3 Å². The quantitative estimate of drug-likeness (QED) is 0.571. The molecule has 132 valence electrons. The van der Waals surface area contributed by atoms with E-state index < -0.39 is 35.9 Å². The number of carboxylic acid groups (broad SMARTS) is 1. The topological polar surface area (TPSA) is 133 Å². The third-order valence-corrected chi connectivity index (χ3v) is 4.78. The van der Waals surface area contributed by atoms with Crippen LogP contribution in [0.15, 0.2) is 35.0 Å². The first-order valence-corrected chi connectivity index (χ1v) is 7.99. The van der Waals surface area contributed by atoms with Gasteiger partial charge in [-0.1, -0.05) is 23.7 Å². The van der Waals surface area contributed by atoms with Crippen LogP contribution in [0.25, 0.3) is 0 Å². The molecule has 1 fully saturated rings. The Morgan fingerprint density at radius 1 is 1.32 bits per heavy atom. The molecule has 1 aromatic carbocycles. The van der Waals surface area contributed by atoms with E-state index in [0.717, 1.165) is 4.90 Å². The number of phenolic OH excluding ortho intramolecular Hbond substituents is 1. The molecule has 0 spiro atoms. The Bertz CT molecular complexity index is 776. The van der Waals surface area contributed by atoms with Crippen molar-refractivity contribution in [2.75, 3.05) is 0 Å². The van der Waals surface area contributed by atoms with E-state index in [0.29, 0.717) is 18.4 Å². The third-order valence-electron chi connectivity index (χ3n) is 4.41. The lowest BCUT2D eigenvalue weighted by atomic mass is 9.86. The SMILES string of the molecule is N[C@@H](C(=O)N[C@@H]1C(=O)N2C(C(=O)O)=C(Cl)CC[C@H]12)c1ccc(O)cc1. The van der Waals surface area contributed by atoms with Crippen molar-refractivity contribution in [3.05, 3.63) is 40.6 Å². The second-order valence-electron chi connectivity index (χ2n) is 5.93. The molecule has 0 radical (unpaired) electrons. The van der Waals surface area contributed by atoms with Crippen molar-refractivity contribution < 1.29 is 24.6 Å². The van der Waals surface area contributed by atoms with Crippen molar-refractivity contribution >= 4 is 29.4 Å². The first-order chi connectivity index (χ1) is 11.8. The number of halogens is 1. The average Bonchev–Trinajstić information content (AvgIpc) is 2.58. The van der Waals surface area contributed by atoms with Crippen molar-refractivity contribution in [3.63, 3.8) is 0 Å². The number of aromatic hydroxyl groups is 1. The number of hydrogen-bond acceptors (Lipinski definition) is 5. The van der Waals surface area contributed by atoms with Crippen molar-refractivity contribution in [2.24, 2.45) is 5.73 Å². The fourth-order valence-electron chi connectivity index (χ4n) is 3.09. The summed E-state index contributed by atoms with van der Waals surface area (Å²) in [6.45, 7) is 0. The Morgan fingerprint density at radius 3 is 2.56 bits per heavy atom. The van der Waals surface area contributed by atoms with Gasteiger partial charge in [-0.3, -0.25) is 14.5 Å². The highest BCUT2D eigenvalue weighted by molar-refractivity contribution is 6.32. The molecule has 2 aliphatic rings. The van der Waals surface area contributed by atoms with E-state index >= 15 is 0 Å². The van der Waals surface area contributed by atoms with Gasteiger partial charge in [0.15, 0.2) is 0 Å². The van der Waals surface area contributed by atoms with Crippen LogP contribution in [0.3, 0.4) is 0 Å². The molecule has 2 amide bonds. The molecule has 2 heterocycles. The number of phenols is 1. The Labute approximate surface area is 147 Å². The number of aliphatic carboxylic acids is 1. The molecular formula is C16H16ClN3O5. The number of nitrogens with zero attached hydrogens (tertiary/aromatic N) is 1. The van der Waals surface area contributed by atoms with E-state index in [1.807, 2.05) is 0 Å². The molecule has 9 heteroatoms. The number of benzene rings is 1. The number of hydrogen-bond donors (Lipinski definition) is 4. The zero-order valence-corrected chi connectivity index (χ0v) is 13.7. The standard InChI is InChI=1S/C16H16ClN3O5/c17-9-5-6-10-12(15(23)20(10)13(9)16(24)25)19-14(22)11(18)7-1-3-8(21)4-2-7/h1-4,10-12,21H,5-6,18H2,(H,19,22)(H,24,25)/t10-,11-,12+/m1/s1. The minimum Gasteiger partial charge on any atom is -0.508 e. The number of nitrogens with two attached hydrogens (primary N) is 1. The number of fused-ring (bicyclic) bond motifs is 1. The maximum atomic E-state index is 12.3. The van der Waals surface area contributed by atoms with Crippen molar-refractivity contribution in [3.8, 4) is 5.75 Å². The Balaban J connectivity index is 1.71. The molecule has 25 heavy (non-hydrogen) atoms. The van der Waals surface area contributed by atoms with Gasteiger partial charge in [0, 0.05) is 5.03 Å². The van der Waals surface area contributed by atoms with E-state index in [-0.39, 0.29) is 16.5 Å². The number of β-lactam (4-membered cyclic amide) rings is 1. The van der Waals surface area contributed by atoms with Gasteiger partial charge < -0.3 is 21.3 Å². The largest absolute Gasteiger partial charge is 0.508 e. The normalized spacial score (nSPS) is 23.6. The smallest absolute Gasteiger partial charge is 0.353 e. The van der Waals surface area contributed by atoms with E-state index in [1.54, 1.807) is 0 Å². The Morgan fingerprint density at radius 2 is 1.96 bits per heavy atom. The van der Waals surface area contributed by atoms with Crippen LogP contribution in [-0.2, 0) is 14.4 Å². The lowest BCUT2D eigenvalue weighted by Crippen LogP contribution is -2.72. The third kappa shape index (κ3) is 2.94. The summed E-state index contributed by atoms with van der Waals surface area (Å²) < 4.78 is 0. The molecule has 8 nitrogen and oxygen atoms in total. The van der Waals surface area contributed by atoms with Crippen LogP contribution in [0.5, 0.6) is 5.75 Å². The van der Waals surface area contributed by atoms with Gasteiger partial charge in [-0.25, -0.2) is 4.79 Å². The van der Waals surface area contributed by atoms with E-state index in [9.17, 15) is 24.6 Å². The summed E-state index contributed by atoms with van der Waals surface area (Å²) in [7, 11) is 0. The zero-order chi connectivity index (χ0) is 18.3. The van der Waals surface area contributed by atoms with E-state index in [2.05, 4.69) is 5.32 Å². The molecule has 0 bridgehead atoms. The van der Waals surface area contributed by atoms with Gasteiger partial charge in [-0.2, -0.15) is 0 Å². The average molecular weight is 366 g/mol. The predicted octanol–water partition coefficient (Wildman–Crippen LogP) is 0.416. The van der Waals surface area contributed by atoms with Gasteiger partial charge in [-0.15, -0.1) is 0 Å². The van der Waals surface area contributed by atoms with Crippen LogP contribution in [0.4, 0.5) is 0 Å². The molecule has 0 aromatic heterocycles. The van der Waals surface area contributed by atoms with Crippen LogP contribution in [0, 0.1) is 0 Å². The molecule has 5 N–H and O–H groups in total. The number of amides is 2. The highest BCUT2D eigenvalue weighted by Crippen LogP contribution is 2.38. The Kier molecular flexibility index (Phi) is 4.40. The van der Waals surface area contributed by atoms with Crippen LogP contribution >= 0.6 is 11.6 Å². The Hall–Kier alpha value is -2.58. The maximum absolute atomic E-state index is 12.3. The number of rotatable bonds is 4. The van der Waals surface area contributed by atoms with Crippen LogP contribution in [-0.4, -0.2) is 45.0 Å². The molecular weight excluding hydrogens is 350 g/mol.